The largest absolute Gasteiger partial charge is 0.496 e. The van der Waals surface area contributed by atoms with Gasteiger partial charge in [-0.05, 0) is 29.5 Å². The number of ether oxygens (including phenoxy) is 1. The molecule has 0 radical (unpaired) electrons. The second-order valence-corrected chi connectivity index (χ2v) is 7.55. The van der Waals surface area contributed by atoms with E-state index in [4.69, 9.17) is 4.74 Å². The van der Waals surface area contributed by atoms with Gasteiger partial charge in [0.05, 0.1) is 19.2 Å². The molecule has 1 fully saturated rings. The fourth-order valence-corrected chi connectivity index (χ4v) is 4.08. The maximum Gasteiger partial charge on any atom is 0.227 e. The summed E-state index contributed by atoms with van der Waals surface area (Å²) in [4.78, 5) is 16.0. The summed E-state index contributed by atoms with van der Waals surface area (Å²) in [5, 5.41) is 7.61. The number of nitrogens with one attached hydrogen (secondary N) is 1. The van der Waals surface area contributed by atoms with Crippen molar-refractivity contribution in [3.63, 3.8) is 0 Å². The van der Waals surface area contributed by atoms with Crippen molar-refractivity contribution in [1.29, 1.82) is 0 Å². The lowest BCUT2D eigenvalue weighted by Crippen LogP contribution is -2.35. The standard InChI is InChI=1S/C19H26N4O2S.ClH/c1-22(11-13-5-6-18(26-4)17(7-13)25-3)19(24)16-10-20-9-15(16)14-8-21-23(2)12-14;/h5-8,12,15-16,20H,9-11H2,1-4H3;1H/t15-,16+;/m1./s1. The van der Waals surface area contributed by atoms with Crippen molar-refractivity contribution < 1.29 is 9.53 Å². The van der Waals surface area contributed by atoms with Crippen LogP contribution in [-0.4, -0.2) is 54.1 Å². The van der Waals surface area contributed by atoms with Crippen molar-refractivity contribution in [3.05, 3.63) is 41.7 Å². The first kappa shape index (κ1) is 21.6. The number of nitrogens with zero attached hydrogens (tertiary/aromatic N) is 3. The lowest BCUT2D eigenvalue weighted by molar-refractivity contribution is -0.134. The summed E-state index contributed by atoms with van der Waals surface area (Å²) in [6, 6.07) is 6.12. The molecule has 0 bridgehead atoms. The number of aryl methyl sites for hydroxylation is 1. The van der Waals surface area contributed by atoms with Crippen LogP contribution in [0.1, 0.15) is 17.0 Å². The minimum atomic E-state index is -0.0587. The van der Waals surface area contributed by atoms with Crippen molar-refractivity contribution in [1.82, 2.24) is 20.0 Å². The Labute approximate surface area is 171 Å². The Morgan fingerprint density at radius 3 is 2.85 bits per heavy atom. The number of halogens is 1. The molecule has 1 aromatic carbocycles. The van der Waals surface area contributed by atoms with E-state index in [-0.39, 0.29) is 30.2 Å². The first-order valence-electron chi connectivity index (χ1n) is 8.68. The van der Waals surface area contributed by atoms with E-state index in [1.54, 1.807) is 23.6 Å². The van der Waals surface area contributed by atoms with Crippen LogP contribution >= 0.6 is 24.2 Å². The Balaban J connectivity index is 0.00000261. The number of amides is 1. The molecule has 1 aliphatic heterocycles. The van der Waals surface area contributed by atoms with E-state index in [2.05, 4.69) is 16.5 Å². The molecule has 0 spiro atoms. The summed E-state index contributed by atoms with van der Waals surface area (Å²) in [7, 11) is 5.45. The van der Waals surface area contributed by atoms with Crippen molar-refractivity contribution in [2.24, 2.45) is 13.0 Å². The Bertz CT molecular complexity index is 783. The van der Waals surface area contributed by atoms with Gasteiger partial charge < -0.3 is 15.0 Å². The summed E-state index contributed by atoms with van der Waals surface area (Å²) >= 11 is 1.65. The molecule has 0 unspecified atom stereocenters. The number of methoxy groups -OCH3 is 1. The van der Waals surface area contributed by atoms with Crippen LogP contribution in [0.5, 0.6) is 5.75 Å². The number of carbonyl (C=O) groups is 1. The molecule has 6 nitrogen and oxygen atoms in total. The van der Waals surface area contributed by atoms with Gasteiger partial charge in [0.2, 0.25) is 5.91 Å². The Kier molecular flexibility index (Phi) is 7.59. The number of benzene rings is 1. The number of aromatic nitrogens is 2. The van der Waals surface area contributed by atoms with E-state index in [1.165, 1.54) is 0 Å². The van der Waals surface area contributed by atoms with Gasteiger partial charge in [0.1, 0.15) is 5.75 Å². The van der Waals surface area contributed by atoms with Gasteiger partial charge in [-0.25, -0.2) is 0 Å². The van der Waals surface area contributed by atoms with Gasteiger partial charge in [-0.2, -0.15) is 5.10 Å². The normalized spacial score (nSPS) is 18.8. The molecule has 1 N–H and O–H groups in total. The average molecular weight is 411 g/mol. The summed E-state index contributed by atoms with van der Waals surface area (Å²) in [5.41, 5.74) is 2.19. The van der Waals surface area contributed by atoms with E-state index in [0.29, 0.717) is 13.1 Å². The van der Waals surface area contributed by atoms with E-state index in [9.17, 15) is 4.79 Å². The molecule has 1 aliphatic rings. The molecule has 1 amide bonds. The van der Waals surface area contributed by atoms with Crippen LogP contribution in [0.4, 0.5) is 0 Å². The molecule has 27 heavy (non-hydrogen) atoms. The van der Waals surface area contributed by atoms with E-state index in [0.717, 1.165) is 28.3 Å². The SMILES string of the molecule is COc1cc(CN(C)C(=O)[C@H]2CNC[C@@H]2c2cnn(C)c2)ccc1SC.Cl. The number of rotatable bonds is 6. The minimum Gasteiger partial charge on any atom is -0.496 e. The summed E-state index contributed by atoms with van der Waals surface area (Å²) in [6.07, 6.45) is 5.90. The lowest BCUT2D eigenvalue weighted by atomic mass is 9.90. The highest BCUT2D eigenvalue weighted by Gasteiger charge is 2.36. The first-order chi connectivity index (χ1) is 12.5. The predicted molar refractivity (Wildman–Crippen MR) is 111 cm³/mol. The molecule has 2 heterocycles. The van der Waals surface area contributed by atoms with Gasteiger partial charge in [0.25, 0.3) is 0 Å². The van der Waals surface area contributed by atoms with E-state index < -0.39 is 0 Å². The highest BCUT2D eigenvalue weighted by Crippen LogP contribution is 2.31. The van der Waals surface area contributed by atoms with Gasteiger partial charge in [0.15, 0.2) is 0 Å². The monoisotopic (exact) mass is 410 g/mol. The Morgan fingerprint density at radius 1 is 1.44 bits per heavy atom. The maximum absolute atomic E-state index is 13.0. The molecule has 148 valence electrons. The molecular formula is C19H27ClN4O2S. The van der Waals surface area contributed by atoms with Crippen molar-refractivity contribution >= 4 is 30.1 Å². The fraction of sp³-hybridized carbons (Fsp3) is 0.474. The predicted octanol–water partition coefficient (Wildman–Crippen LogP) is 2.53. The highest BCUT2D eigenvalue weighted by molar-refractivity contribution is 7.98. The van der Waals surface area contributed by atoms with Crippen LogP contribution in [0, 0.1) is 5.92 Å². The molecular weight excluding hydrogens is 384 g/mol. The number of carbonyl (C=O) groups excluding carboxylic acids is 1. The zero-order chi connectivity index (χ0) is 18.7. The summed E-state index contributed by atoms with van der Waals surface area (Å²) in [6.45, 7) is 2.09. The van der Waals surface area contributed by atoms with E-state index in [1.807, 2.05) is 49.8 Å². The van der Waals surface area contributed by atoms with Crippen LogP contribution in [0.2, 0.25) is 0 Å². The molecule has 1 saturated heterocycles. The van der Waals surface area contributed by atoms with Crippen LogP contribution in [-0.2, 0) is 18.4 Å². The number of thioether (sulfide) groups is 1. The Hall–Kier alpha value is -1.70. The van der Waals surface area contributed by atoms with E-state index >= 15 is 0 Å². The highest BCUT2D eigenvalue weighted by atomic mass is 35.5. The second kappa shape index (κ2) is 9.48. The topological polar surface area (TPSA) is 59.4 Å². The Morgan fingerprint density at radius 2 is 2.22 bits per heavy atom. The third-order valence-electron chi connectivity index (χ3n) is 4.93. The van der Waals surface area contributed by atoms with Gasteiger partial charge >= 0.3 is 0 Å². The van der Waals surface area contributed by atoms with Crippen molar-refractivity contribution in [3.8, 4) is 5.75 Å². The van der Waals surface area contributed by atoms with Crippen LogP contribution in [0.25, 0.3) is 0 Å². The molecule has 1 aromatic heterocycles. The third-order valence-corrected chi connectivity index (χ3v) is 5.71. The average Bonchev–Trinajstić information content (AvgIpc) is 3.29. The number of hydrogen-bond acceptors (Lipinski definition) is 5. The van der Waals surface area contributed by atoms with Crippen molar-refractivity contribution in [2.75, 3.05) is 33.5 Å². The van der Waals surface area contributed by atoms with Gasteiger partial charge in [-0.3, -0.25) is 9.48 Å². The molecule has 8 heteroatoms. The van der Waals surface area contributed by atoms with Crippen LogP contribution in [0.15, 0.2) is 35.5 Å². The zero-order valence-electron chi connectivity index (χ0n) is 16.1. The van der Waals surface area contributed by atoms with Crippen LogP contribution < -0.4 is 10.1 Å². The quantitative estimate of drug-likeness (QED) is 0.741. The molecule has 2 aromatic rings. The summed E-state index contributed by atoms with van der Waals surface area (Å²) < 4.78 is 7.24. The van der Waals surface area contributed by atoms with Gasteiger partial charge in [-0.1, -0.05) is 6.07 Å². The molecule has 0 saturated carbocycles. The fourth-order valence-electron chi connectivity index (χ4n) is 3.53. The molecule has 0 aliphatic carbocycles. The van der Waals surface area contributed by atoms with Gasteiger partial charge in [-0.15, -0.1) is 24.2 Å². The lowest BCUT2D eigenvalue weighted by Gasteiger charge is -2.24. The molecule has 3 rings (SSSR count). The minimum absolute atomic E-state index is 0. The molecule has 2 atom stereocenters. The third kappa shape index (κ3) is 4.78. The summed E-state index contributed by atoms with van der Waals surface area (Å²) in [5.74, 6) is 1.13. The zero-order valence-corrected chi connectivity index (χ0v) is 17.8. The first-order valence-corrected chi connectivity index (χ1v) is 9.91. The number of hydrogen-bond donors (Lipinski definition) is 1. The second-order valence-electron chi connectivity index (χ2n) is 6.70. The smallest absolute Gasteiger partial charge is 0.227 e. The van der Waals surface area contributed by atoms with Crippen molar-refractivity contribution in [2.45, 2.75) is 17.4 Å². The van der Waals surface area contributed by atoms with Crippen LogP contribution in [0.3, 0.4) is 0 Å². The maximum atomic E-state index is 13.0. The van der Waals surface area contributed by atoms with Gasteiger partial charge in [0, 0.05) is 50.7 Å².